The summed E-state index contributed by atoms with van der Waals surface area (Å²) in [7, 11) is -9.76. The lowest BCUT2D eigenvalue weighted by atomic mass is 9.98. The van der Waals surface area contributed by atoms with E-state index >= 15 is 0 Å². The second-order valence-corrected chi connectivity index (χ2v) is 35.0. The molecule has 0 aliphatic heterocycles. The molecule has 0 saturated carbocycles. The van der Waals surface area contributed by atoms with Crippen molar-refractivity contribution < 1.29 is 31.5 Å². The number of sulfone groups is 1. The van der Waals surface area contributed by atoms with E-state index in [0.717, 1.165) is 11.6 Å². The number of hydrogen-bond acceptors (Lipinski definition) is 7. The first-order valence-corrected chi connectivity index (χ1v) is 29.0. The SMILES string of the molecule is C[C@@H](CS(=O)(=O)c1ccccc1)[C@H](OCOCC[Si](C)(C)C)[C@H](O[Si](C)(C)C(C)(C)C)[C@@H](COCc1ccccc1)O[Si](C)(C)C(C)(C)C. The maximum atomic E-state index is 13.8. The third-order valence-electron chi connectivity index (χ3n) is 10.1. The van der Waals surface area contributed by atoms with E-state index in [0.29, 0.717) is 18.1 Å². The van der Waals surface area contributed by atoms with Crippen molar-refractivity contribution >= 4 is 34.5 Å². The van der Waals surface area contributed by atoms with Gasteiger partial charge in [-0.1, -0.05) is 117 Å². The monoisotopic (exact) mass is 752 g/mol. The summed E-state index contributed by atoms with van der Waals surface area (Å²) in [4.78, 5) is 0.300. The Morgan fingerprint density at radius 3 is 1.71 bits per heavy atom. The van der Waals surface area contributed by atoms with E-state index in [2.05, 4.69) is 87.4 Å². The van der Waals surface area contributed by atoms with E-state index in [1.54, 1.807) is 24.3 Å². The molecule has 0 fully saturated rings. The number of hydrogen-bond donors (Lipinski definition) is 0. The molecule has 7 nitrogen and oxygen atoms in total. The molecule has 49 heavy (non-hydrogen) atoms. The zero-order chi connectivity index (χ0) is 37.3. The van der Waals surface area contributed by atoms with Crippen LogP contribution in [-0.4, -0.2) is 77.2 Å². The van der Waals surface area contributed by atoms with Gasteiger partial charge in [0.2, 0.25) is 0 Å². The Hall–Kier alpha value is -1.16. The molecule has 0 aliphatic rings. The minimum Gasteiger partial charge on any atom is -0.409 e. The minimum absolute atomic E-state index is 0.0416. The first-order valence-electron chi connectivity index (χ1n) is 17.8. The molecule has 4 atom stereocenters. The Bertz CT molecular complexity index is 1350. The van der Waals surface area contributed by atoms with Crippen molar-refractivity contribution in [3.8, 4) is 0 Å². The standard InChI is InChI=1S/C38H68O7SSi3/c1-31(29-46(39,40)33-23-19-16-20-24-33)35(43-30-41-25-26-47(8,9)10)36(45-49(13,14)38(5,6)7)34(44-48(11,12)37(2,3)4)28-42-27-32-21-17-15-18-22-32/h15-24,31,34-36H,25-30H2,1-14H3/t31-,34+,35-,36+/m0/s1. The van der Waals surface area contributed by atoms with Crippen molar-refractivity contribution in [2.45, 2.75) is 140 Å². The van der Waals surface area contributed by atoms with Crippen LogP contribution < -0.4 is 0 Å². The fraction of sp³-hybridized carbons (Fsp3) is 0.684. The molecule has 0 bridgehead atoms. The summed E-state index contributed by atoms with van der Waals surface area (Å²) in [5, 5.41) is -0.194. The van der Waals surface area contributed by atoms with Gasteiger partial charge in [0.15, 0.2) is 26.5 Å². The van der Waals surface area contributed by atoms with Gasteiger partial charge in [-0.25, -0.2) is 8.42 Å². The van der Waals surface area contributed by atoms with Crippen LogP contribution in [0.25, 0.3) is 0 Å². The molecule has 0 N–H and O–H groups in total. The van der Waals surface area contributed by atoms with E-state index in [1.165, 1.54) is 0 Å². The highest BCUT2D eigenvalue weighted by Crippen LogP contribution is 2.42. The fourth-order valence-electron chi connectivity index (χ4n) is 4.80. The molecule has 0 spiro atoms. The zero-order valence-corrected chi connectivity index (χ0v) is 36.9. The van der Waals surface area contributed by atoms with E-state index in [1.807, 2.05) is 43.3 Å². The highest BCUT2D eigenvalue weighted by Gasteiger charge is 2.48. The van der Waals surface area contributed by atoms with Gasteiger partial charge in [-0.2, -0.15) is 0 Å². The predicted molar refractivity (Wildman–Crippen MR) is 212 cm³/mol. The first-order chi connectivity index (χ1) is 22.4. The molecule has 0 saturated heterocycles. The molecule has 2 aromatic carbocycles. The van der Waals surface area contributed by atoms with Crippen LogP contribution in [0.15, 0.2) is 65.6 Å². The van der Waals surface area contributed by atoms with Gasteiger partial charge in [-0.3, -0.25) is 0 Å². The van der Waals surface area contributed by atoms with Crippen LogP contribution in [0.5, 0.6) is 0 Å². The Labute approximate surface area is 303 Å². The van der Waals surface area contributed by atoms with Gasteiger partial charge in [-0.05, 0) is 65.9 Å². The van der Waals surface area contributed by atoms with Gasteiger partial charge in [0.1, 0.15) is 6.79 Å². The third-order valence-corrected chi connectivity index (χ3v) is 22.7. The normalized spacial score (nSPS) is 16.3. The molecule has 0 heterocycles. The maximum absolute atomic E-state index is 13.8. The van der Waals surface area contributed by atoms with Crippen LogP contribution in [0.4, 0.5) is 0 Å². The van der Waals surface area contributed by atoms with Crippen LogP contribution >= 0.6 is 0 Å². The highest BCUT2D eigenvalue weighted by molar-refractivity contribution is 7.91. The van der Waals surface area contributed by atoms with Crippen molar-refractivity contribution in [1.82, 2.24) is 0 Å². The summed E-state index contributed by atoms with van der Waals surface area (Å²) < 4.78 is 61.3. The molecular formula is C38H68O7SSi3. The second kappa shape index (κ2) is 18.1. The van der Waals surface area contributed by atoms with E-state index in [9.17, 15) is 8.42 Å². The Balaban J connectivity index is 2.64. The van der Waals surface area contributed by atoms with Crippen LogP contribution in [0.3, 0.4) is 0 Å². The molecule has 11 heteroatoms. The Morgan fingerprint density at radius 1 is 0.694 bits per heavy atom. The molecule has 2 aromatic rings. The van der Waals surface area contributed by atoms with Crippen LogP contribution in [0.1, 0.15) is 54.0 Å². The lowest BCUT2D eigenvalue weighted by Gasteiger charge is -2.47. The fourth-order valence-corrected chi connectivity index (χ4v) is 9.84. The molecule has 0 radical (unpaired) electrons. The molecule has 2 rings (SSSR count). The van der Waals surface area contributed by atoms with E-state index in [-0.39, 0.29) is 29.2 Å². The maximum Gasteiger partial charge on any atom is 0.192 e. The number of benzene rings is 2. The molecule has 280 valence electrons. The molecular weight excluding hydrogens is 685 g/mol. The van der Waals surface area contributed by atoms with Crippen LogP contribution in [-0.2, 0) is 39.5 Å². The van der Waals surface area contributed by atoms with Gasteiger partial charge in [0, 0.05) is 14.7 Å². The van der Waals surface area contributed by atoms with Crippen molar-refractivity contribution in [2.24, 2.45) is 5.92 Å². The smallest absolute Gasteiger partial charge is 0.192 e. The molecule has 0 unspecified atom stereocenters. The van der Waals surface area contributed by atoms with Gasteiger partial charge >= 0.3 is 0 Å². The van der Waals surface area contributed by atoms with Crippen molar-refractivity contribution in [3.05, 3.63) is 66.2 Å². The van der Waals surface area contributed by atoms with Gasteiger partial charge in [0.25, 0.3) is 0 Å². The Kier molecular flexibility index (Phi) is 16.2. The van der Waals surface area contributed by atoms with Gasteiger partial charge in [0.05, 0.1) is 42.2 Å². The molecule has 0 amide bonds. The number of ether oxygens (including phenoxy) is 3. The second-order valence-electron chi connectivity index (χ2n) is 17.8. The molecule has 0 aromatic heterocycles. The predicted octanol–water partition coefficient (Wildman–Crippen LogP) is 9.79. The van der Waals surface area contributed by atoms with Crippen molar-refractivity contribution in [3.63, 3.8) is 0 Å². The molecule has 0 aliphatic carbocycles. The summed E-state index contributed by atoms with van der Waals surface area (Å²) in [6, 6.07) is 19.8. The summed E-state index contributed by atoms with van der Waals surface area (Å²) in [6.45, 7) is 32.5. The zero-order valence-electron chi connectivity index (χ0n) is 33.1. The van der Waals surface area contributed by atoms with Crippen molar-refractivity contribution in [1.29, 1.82) is 0 Å². The van der Waals surface area contributed by atoms with Gasteiger partial charge < -0.3 is 23.1 Å². The quantitative estimate of drug-likeness (QED) is 0.0757. The summed E-state index contributed by atoms with van der Waals surface area (Å²) in [6.07, 6.45) is -1.76. The summed E-state index contributed by atoms with van der Waals surface area (Å²) >= 11 is 0. The summed E-state index contributed by atoms with van der Waals surface area (Å²) in [5.74, 6) is -0.550. The largest absolute Gasteiger partial charge is 0.409 e. The van der Waals surface area contributed by atoms with E-state index < -0.39 is 58.8 Å². The minimum atomic E-state index is -3.62. The van der Waals surface area contributed by atoms with Crippen LogP contribution in [0.2, 0.25) is 61.9 Å². The van der Waals surface area contributed by atoms with E-state index in [4.69, 9.17) is 23.1 Å². The number of rotatable bonds is 20. The summed E-state index contributed by atoms with van der Waals surface area (Å²) in [5.41, 5.74) is 1.07. The first kappa shape index (κ1) is 44.0. The lowest BCUT2D eigenvalue weighted by molar-refractivity contribution is -0.159. The average molecular weight is 753 g/mol. The van der Waals surface area contributed by atoms with Gasteiger partial charge in [-0.15, -0.1) is 0 Å². The topological polar surface area (TPSA) is 80.3 Å². The third kappa shape index (κ3) is 14.4. The van der Waals surface area contributed by atoms with Crippen LogP contribution in [0, 0.1) is 5.92 Å². The Morgan fingerprint density at radius 2 is 1.20 bits per heavy atom. The highest BCUT2D eigenvalue weighted by atomic mass is 32.2. The lowest BCUT2D eigenvalue weighted by Crippen LogP contribution is -2.58. The van der Waals surface area contributed by atoms with Crippen molar-refractivity contribution in [2.75, 3.05) is 25.8 Å². The average Bonchev–Trinajstić information content (AvgIpc) is 2.96.